The molecule has 1 heterocycles. The van der Waals surface area contributed by atoms with Crippen LogP contribution in [-0.4, -0.2) is 29.1 Å². The molecule has 3 nitrogen and oxygen atoms in total. The molecule has 2 rings (SSSR count). The normalized spacial score (nSPS) is 16.8. The number of rotatable bonds is 5. The van der Waals surface area contributed by atoms with E-state index in [4.69, 9.17) is 5.11 Å². The first kappa shape index (κ1) is 13.8. The van der Waals surface area contributed by atoms with Crippen molar-refractivity contribution in [2.24, 2.45) is 0 Å². The van der Waals surface area contributed by atoms with Crippen LogP contribution in [0.3, 0.4) is 0 Å². The van der Waals surface area contributed by atoms with Gasteiger partial charge in [0.1, 0.15) is 0 Å². The van der Waals surface area contributed by atoms with Crippen molar-refractivity contribution in [1.82, 2.24) is 4.90 Å². The molecule has 102 valence electrons. The molecule has 1 aromatic carbocycles. The van der Waals surface area contributed by atoms with Crippen LogP contribution in [0.4, 0.5) is 0 Å². The Bertz CT molecular complexity index is 456. The van der Waals surface area contributed by atoms with E-state index >= 15 is 0 Å². The zero-order valence-electron chi connectivity index (χ0n) is 11.4. The van der Waals surface area contributed by atoms with Crippen molar-refractivity contribution in [1.29, 1.82) is 0 Å². The Hall–Kier alpha value is -1.61. The first-order valence-electron chi connectivity index (χ1n) is 6.94. The fourth-order valence-electron chi connectivity index (χ4n) is 2.43. The number of carbonyl (C=O) groups is 1. The standard InChI is InChI=1S/C16H21NO2/c1-2-15(16(18)19)11-13-5-7-14(8-6-13)12-17-9-3-4-10-17/h5-8,11H,2-4,9-10,12H2,1H3,(H,18,19)/b15-11+. The zero-order valence-corrected chi connectivity index (χ0v) is 11.4. The Morgan fingerprint density at radius 1 is 1.26 bits per heavy atom. The molecule has 1 N–H and O–H groups in total. The average Bonchev–Trinajstić information content (AvgIpc) is 2.90. The van der Waals surface area contributed by atoms with Gasteiger partial charge < -0.3 is 5.11 Å². The molecule has 0 spiro atoms. The van der Waals surface area contributed by atoms with Crippen LogP contribution in [-0.2, 0) is 11.3 Å². The van der Waals surface area contributed by atoms with Crippen LogP contribution in [0.25, 0.3) is 6.08 Å². The van der Waals surface area contributed by atoms with Crippen molar-refractivity contribution in [3.05, 3.63) is 41.0 Å². The molecule has 0 aromatic heterocycles. The lowest BCUT2D eigenvalue weighted by atomic mass is 10.1. The average molecular weight is 259 g/mol. The molecule has 0 bridgehead atoms. The van der Waals surface area contributed by atoms with Crippen LogP contribution in [0.5, 0.6) is 0 Å². The number of carboxylic acids is 1. The molecule has 0 saturated carbocycles. The molecule has 1 aliphatic heterocycles. The Labute approximate surface area is 114 Å². The molecule has 1 saturated heterocycles. The highest BCUT2D eigenvalue weighted by molar-refractivity contribution is 5.92. The van der Waals surface area contributed by atoms with E-state index in [2.05, 4.69) is 17.0 Å². The second kappa shape index (κ2) is 6.53. The fourth-order valence-corrected chi connectivity index (χ4v) is 2.43. The van der Waals surface area contributed by atoms with E-state index in [1.807, 2.05) is 19.1 Å². The third-order valence-electron chi connectivity index (χ3n) is 3.58. The maximum Gasteiger partial charge on any atom is 0.331 e. The summed E-state index contributed by atoms with van der Waals surface area (Å²) >= 11 is 0. The van der Waals surface area contributed by atoms with Crippen LogP contribution in [0, 0.1) is 0 Å². The van der Waals surface area contributed by atoms with Crippen molar-refractivity contribution in [3.8, 4) is 0 Å². The van der Waals surface area contributed by atoms with E-state index < -0.39 is 5.97 Å². The minimum absolute atomic E-state index is 0.451. The van der Waals surface area contributed by atoms with Gasteiger partial charge in [-0.15, -0.1) is 0 Å². The lowest BCUT2D eigenvalue weighted by Crippen LogP contribution is -2.18. The monoisotopic (exact) mass is 259 g/mol. The summed E-state index contributed by atoms with van der Waals surface area (Å²) in [6, 6.07) is 8.20. The summed E-state index contributed by atoms with van der Waals surface area (Å²) in [5.41, 5.74) is 2.71. The third-order valence-corrected chi connectivity index (χ3v) is 3.58. The second-order valence-electron chi connectivity index (χ2n) is 5.05. The molecule has 0 radical (unpaired) electrons. The highest BCUT2D eigenvalue weighted by Crippen LogP contribution is 2.15. The van der Waals surface area contributed by atoms with Crippen molar-refractivity contribution >= 4 is 12.0 Å². The highest BCUT2D eigenvalue weighted by atomic mass is 16.4. The van der Waals surface area contributed by atoms with Crippen LogP contribution in [0.15, 0.2) is 29.8 Å². The zero-order chi connectivity index (χ0) is 13.7. The van der Waals surface area contributed by atoms with Crippen molar-refractivity contribution in [2.75, 3.05) is 13.1 Å². The summed E-state index contributed by atoms with van der Waals surface area (Å²) in [7, 11) is 0. The van der Waals surface area contributed by atoms with Crippen LogP contribution < -0.4 is 0 Å². The van der Waals surface area contributed by atoms with E-state index in [1.54, 1.807) is 6.08 Å². The molecular weight excluding hydrogens is 238 g/mol. The minimum Gasteiger partial charge on any atom is -0.478 e. The SMILES string of the molecule is CC/C(=C\c1ccc(CN2CCCC2)cc1)C(=O)O. The van der Waals surface area contributed by atoms with Gasteiger partial charge in [0.2, 0.25) is 0 Å². The molecule has 0 amide bonds. The summed E-state index contributed by atoms with van der Waals surface area (Å²) in [4.78, 5) is 13.4. The lowest BCUT2D eigenvalue weighted by molar-refractivity contribution is -0.132. The number of likely N-dealkylation sites (tertiary alicyclic amines) is 1. The van der Waals surface area contributed by atoms with Gasteiger partial charge in [-0.25, -0.2) is 4.79 Å². The topological polar surface area (TPSA) is 40.5 Å². The van der Waals surface area contributed by atoms with Gasteiger partial charge in [0.05, 0.1) is 0 Å². The number of carboxylic acid groups (broad SMARTS) is 1. The third kappa shape index (κ3) is 3.93. The van der Waals surface area contributed by atoms with Gasteiger partial charge in [0.15, 0.2) is 0 Å². The summed E-state index contributed by atoms with van der Waals surface area (Å²) in [5, 5.41) is 9.00. The largest absolute Gasteiger partial charge is 0.478 e. The minimum atomic E-state index is -0.830. The summed E-state index contributed by atoms with van der Waals surface area (Å²) in [6.07, 6.45) is 4.91. The van der Waals surface area contributed by atoms with Crippen LogP contribution >= 0.6 is 0 Å². The number of benzene rings is 1. The molecule has 0 unspecified atom stereocenters. The van der Waals surface area contributed by atoms with Gasteiger partial charge in [-0.2, -0.15) is 0 Å². The fraction of sp³-hybridized carbons (Fsp3) is 0.438. The van der Waals surface area contributed by atoms with Crippen molar-refractivity contribution in [3.63, 3.8) is 0 Å². The maximum absolute atomic E-state index is 11.0. The lowest BCUT2D eigenvalue weighted by Gasteiger charge is -2.14. The van der Waals surface area contributed by atoms with Gasteiger partial charge in [0, 0.05) is 12.1 Å². The molecule has 3 heteroatoms. The smallest absolute Gasteiger partial charge is 0.331 e. The molecule has 1 fully saturated rings. The molecule has 19 heavy (non-hydrogen) atoms. The van der Waals surface area contributed by atoms with Crippen molar-refractivity contribution < 1.29 is 9.90 Å². The van der Waals surface area contributed by atoms with Crippen LogP contribution in [0.2, 0.25) is 0 Å². The van der Waals surface area contributed by atoms with Crippen molar-refractivity contribution in [2.45, 2.75) is 32.7 Å². The quantitative estimate of drug-likeness (QED) is 0.826. The second-order valence-corrected chi connectivity index (χ2v) is 5.05. The Balaban J connectivity index is 2.03. The van der Waals surface area contributed by atoms with E-state index in [-0.39, 0.29) is 0 Å². The number of aliphatic carboxylic acids is 1. The first-order valence-corrected chi connectivity index (χ1v) is 6.94. The van der Waals surface area contributed by atoms with E-state index in [0.29, 0.717) is 12.0 Å². The summed E-state index contributed by atoms with van der Waals surface area (Å²) in [5.74, 6) is -0.830. The number of hydrogen-bond donors (Lipinski definition) is 1. The van der Waals surface area contributed by atoms with Gasteiger partial charge >= 0.3 is 5.97 Å². The molecule has 0 atom stereocenters. The molecule has 1 aromatic rings. The summed E-state index contributed by atoms with van der Waals surface area (Å²) in [6.45, 7) is 5.26. The predicted octanol–water partition coefficient (Wildman–Crippen LogP) is 3.16. The van der Waals surface area contributed by atoms with Crippen LogP contribution in [0.1, 0.15) is 37.3 Å². The van der Waals surface area contributed by atoms with Gasteiger partial charge in [0.25, 0.3) is 0 Å². The Morgan fingerprint density at radius 2 is 1.89 bits per heavy atom. The molecule has 1 aliphatic rings. The van der Waals surface area contributed by atoms with Gasteiger partial charge in [-0.3, -0.25) is 4.90 Å². The van der Waals surface area contributed by atoms with Gasteiger partial charge in [-0.1, -0.05) is 31.2 Å². The molecule has 0 aliphatic carbocycles. The number of nitrogens with zero attached hydrogens (tertiary/aromatic N) is 1. The van der Waals surface area contributed by atoms with E-state index in [1.165, 1.54) is 31.5 Å². The number of hydrogen-bond acceptors (Lipinski definition) is 2. The van der Waals surface area contributed by atoms with E-state index in [9.17, 15) is 4.79 Å². The van der Waals surface area contributed by atoms with E-state index in [0.717, 1.165) is 12.1 Å². The van der Waals surface area contributed by atoms with Gasteiger partial charge in [-0.05, 0) is 49.6 Å². The molecular formula is C16H21NO2. The Morgan fingerprint density at radius 3 is 2.42 bits per heavy atom. The first-order chi connectivity index (χ1) is 9.19. The predicted molar refractivity (Wildman–Crippen MR) is 76.9 cm³/mol. The summed E-state index contributed by atoms with van der Waals surface area (Å²) < 4.78 is 0. The Kier molecular flexibility index (Phi) is 4.74. The maximum atomic E-state index is 11.0. The highest BCUT2D eigenvalue weighted by Gasteiger charge is 2.11.